The van der Waals surface area contributed by atoms with Gasteiger partial charge in [0.15, 0.2) is 0 Å². The fraction of sp³-hybridized carbons (Fsp3) is 0.300. The van der Waals surface area contributed by atoms with E-state index in [0.29, 0.717) is 17.3 Å². The molecule has 0 N–H and O–H groups in total. The van der Waals surface area contributed by atoms with Crippen LogP contribution in [0, 0.1) is 0 Å². The highest BCUT2D eigenvalue weighted by atomic mass is 32.2. The predicted octanol–water partition coefficient (Wildman–Crippen LogP) is 2.87. The van der Waals surface area contributed by atoms with E-state index >= 15 is 0 Å². The Hall–Kier alpha value is -2.71. The number of methoxy groups -OCH3 is 1. The Bertz CT molecular complexity index is 1090. The van der Waals surface area contributed by atoms with Crippen molar-refractivity contribution in [1.29, 1.82) is 0 Å². The van der Waals surface area contributed by atoms with E-state index in [-0.39, 0.29) is 18.7 Å². The summed E-state index contributed by atoms with van der Waals surface area (Å²) in [7, 11) is -2.11. The molecule has 3 aromatic rings. The van der Waals surface area contributed by atoms with E-state index in [1.165, 1.54) is 11.4 Å². The maximum absolute atomic E-state index is 13.2. The van der Waals surface area contributed by atoms with Gasteiger partial charge in [0.05, 0.1) is 18.6 Å². The van der Waals surface area contributed by atoms with E-state index in [9.17, 15) is 8.42 Å². The average Bonchev–Trinajstić information content (AvgIpc) is 2.73. The van der Waals surface area contributed by atoms with Crippen LogP contribution in [0.1, 0.15) is 12.8 Å². The van der Waals surface area contributed by atoms with Gasteiger partial charge in [0.2, 0.25) is 15.9 Å². The molecule has 0 saturated carbocycles. The second kappa shape index (κ2) is 7.73. The second-order valence-electron chi connectivity index (χ2n) is 6.64. The first-order valence-corrected chi connectivity index (χ1v) is 10.5. The number of sulfonamides is 1. The SMILES string of the molecule is COc1nccc(OC2CCCN(S(=O)(=O)c3ccc4ccccc4c3)C2)n1. The number of nitrogens with zero attached hydrogens (tertiary/aromatic N) is 3. The van der Waals surface area contributed by atoms with E-state index in [1.807, 2.05) is 30.3 Å². The van der Waals surface area contributed by atoms with Crippen LogP contribution < -0.4 is 9.47 Å². The van der Waals surface area contributed by atoms with Gasteiger partial charge in [-0.2, -0.15) is 9.29 Å². The lowest BCUT2D eigenvalue weighted by Gasteiger charge is -2.31. The molecule has 1 fully saturated rings. The lowest BCUT2D eigenvalue weighted by molar-refractivity contribution is 0.123. The van der Waals surface area contributed by atoms with Crippen LogP contribution in [0.3, 0.4) is 0 Å². The van der Waals surface area contributed by atoms with Crippen LogP contribution in [-0.4, -0.2) is 49.0 Å². The first kappa shape index (κ1) is 18.6. The van der Waals surface area contributed by atoms with Crippen LogP contribution in [0.25, 0.3) is 10.8 Å². The van der Waals surface area contributed by atoms with Crippen LogP contribution >= 0.6 is 0 Å². The van der Waals surface area contributed by atoms with Crippen molar-refractivity contribution < 1.29 is 17.9 Å². The van der Waals surface area contributed by atoms with Gasteiger partial charge >= 0.3 is 6.01 Å². The smallest absolute Gasteiger partial charge is 0.319 e. The molecule has 8 heteroatoms. The molecule has 1 aromatic heterocycles. The molecule has 1 aliphatic heterocycles. The number of hydrogen-bond acceptors (Lipinski definition) is 6. The lowest BCUT2D eigenvalue weighted by atomic mass is 10.1. The van der Waals surface area contributed by atoms with E-state index in [1.54, 1.807) is 24.4 Å². The summed E-state index contributed by atoms with van der Waals surface area (Å²) in [6.07, 6.45) is 2.76. The molecule has 1 atom stereocenters. The first-order chi connectivity index (χ1) is 13.6. The predicted molar refractivity (Wildman–Crippen MR) is 105 cm³/mol. The molecular formula is C20H21N3O4S. The van der Waals surface area contributed by atoms with Crippen LogP contribution in [0.4, 0.5) is 0 Å². The highest BCUT2D eigenvalue weighted by molar-refractivity contribution is 7.89. The van der Waals surface area contributed by atoms with Gasteiger partial charge in [0.1, 0.15) is 6.10 Å². The standard InChI is InChI=1S/C20H21N3O4S/c1-26-20-21-11-10-19(22-20)27-17-7-4-12-23(14-17)28(24,25)18-9-8-15-5-2-3-6-16(15)13-18/h2-3,5-6,8-11,13,17H,4,7,12,14H2,1H3. The Kier molecular flexibility index (Phi) is 5.15. The molecule has 0 aliphatic carbocycles. The number of fused-ring (bicyclic) bond motifs is 1. The second-order valence-corrected chi connectivity index (χ2v) is 8.57. The highest BCUT2D eigenvalue weighted by Gasteiger charge is 2.31. The van der Waals surface area contributed by atoms with E-state index < -0.39 is 10.0 Å². The molecular weight excluding hydrogens is 378 g/mol. The fourth-order valence-corrected chi connectivity index (χ4v) is 4.90. The van der Waals surface area contributed by atoms with E-state index in [4.69, 9.17) is 9.47 Å². The van der Waals surface area contributed by atoms with Gasteiger partial charge in [0, 0.05) is 18.8 Å². The molecule has 7 nitrogen and oxygen atoms in total. The summed E-state index contributed by atoms with van der Waals surface area (Å²) in [5.41, 5.74) is 0. The number of benzene rings is 2. The normalized spacial score (nSPS) is 18.1. The van der Waals surface area contributed by atoms with Crippen molar-refractivity contribution in [2.75, 3.05) is 20.2 Å². The zero-order valence-corrected chi connectivity index (χ0v) is 16.3. The summed E-state index contributed by atoms with van der Waals surface area (Å²) < 4.78 is 38.7. The summed E-state index contributed by atoms with van der Waals surface area (Å²) >= 11 is 0. The van der Waals surface area contributed by atoms with Gasteiger partial charge in [-0.15, -0.1) is 0 Å². The van der Waals surface area contributed by atoms with Gasteiger partial charge in [-0.05, 0) is 35.7 Å². The monoisotopic (exact) mass is 399 g/mol. The third kappa shape index (κ3) is 3.79. The molecule has 0 bridgehead atoms. The third-order valence-corrected chi connectivity index (χ3v) is 6.64. The molecule has 2 heterocycles. The molecule has 2 aromatic carbocycles. The minimum Gasteiger partial charge on any atom is -0.473 e. The Balaban J connectivity index is 1.53. The number of rotatable bonds is 5. The van der Waals surface area contributed by atoms with Crippen molar-refractivity contribution >= 4 is 20.8 Å². The summed E-state index contributed by atoms with van der Waals surface area (Å²) in [5.74, 6) is 0.377. The molecule has 4 rings (SSSR count). The van der Waals surface area contributed by atoms with E-state index in [0.717, 1.165) is 23.6 Å². The number of ether oxygens (including phenoxy) is 2. The number of piperidine rings is 1. The Morgan fingerprint density at radius 1 is 1.11 bits per heavy atom. The fourth-order valence-electron chi connectivity index (χ4n) is 3.36. The highest BCUT2D eigenvalue weighted by Crippen LogP contribution is 2.26. The maximum Gasteiger partial charge on any atom is 0.319 e. The maximum atomic E-state index is 13.2. The number of aromatic nitrogens is 2. The molecule has 1 unspecified atom stereocenters. The van der Waals surface area contributed by atoms with Crippen LogP contribution in [-0.2, 0) is 10.0 Å². The van der Waals surface area contributed by atoms with Crippen molar-refractivity contribution in [3.63, 3.8) is 0 Å². The minimum atomic E-state index is -3.60. The Morgan fingerprint density at radius 2 is 1.93 bits per heavy atom. The van der Waals surface area contributed by atoms with Crippen molar-refractivity contribution in [1.82, 2.24) is 14.3 Å². The third-order valence-electron chi connectivity index (χ3n) is 4.78. The minimum absolute atomic E-state index is 0.217. The largest absolute Gasteiger partial charge is 0.473 e. The Labute approximate surface area is 164 Å². The topological polar surface area (TPSA) is 81.6 Å². The molecule has 146 valence electrons. The zero-order valence-electron chi connectivity index (χ0n) is 15.5. The van der Waals surface area contributed by atoms with Crippen molar-refractivity contribution in [2.24, 2.45) is 0 Å². The summed E-state index contributed by atoms with van der Waals surface area (Å²) in [5, 5.41) is 1.92. The Morgan fingerprint density at radius 3 is 2.75 bits per heavy atom. The van der Waals surface area contributed by atoms with Crippen molar-refractivity contribution in [3.8, 4) is 11.9 Å². The molecule has 0 amide bonds. The zero-order chi connectivity index (χ0) is 19.6. The van der Waals surface area contributed by atoms with Gasteiger partial charge in [-0.1, -0.05) is 30.3 Å². The average molecular weight is 399 g/mol. The van der Waals surface area contributed by atoms with Gasteiger partial charge < -0.3 is 9.47 Å². The molecule has 1 aliphatic rings. The quantitative estimate of drug-likeness (QED) is 0.656. The van der Waals surface area contributed by atoms with Gasteiger partial charge in [-0.3, -0.25) is 0 Å². The summed E-state index contributed by atoms with van der Waals surface area (Å²) in [4.78, 5) is 8.39. The van der Waals surface area contributed by atoms with Crippen molar-refractivity contribution in [3.05, 3.63) is 54.7 Å². The molecule has 0 spiro atoms. The van der Waals surface area contributed by atoms with Crippen LogP contribution in [0.15, 0.2) is 59.6 Å². The van der Waals surface area contributed by atoms with Crippen LogP contribution in [0.5, 0.6) is 11.9 Å². The number of hydrogen-bond donors (Lipinski definition) is 0. The van der Waals surface area contributed by atoms with E-state index in [2.05, 4.69) is 9.97 Å². The van der Waals surface area contributed by atoms with Gasteiger partial charge in [-0.25, -0.2) is 13.4 Å². The van der Waals surface area contributed by atoms with Gasteiger partial charge in [0.25, 0.3) is 0 Å². The first-order valence-electron chi connectivity index (χ1n) is 9.09. The molecule has 0 radical (unpaired) electrons. The van der Waals surface area contributed by atoms with Crippen molar-refractivity contribution in [2.45, 2.75) is 23.8 Å². The summed E-state index contributed by atoms with van der Waals surface area (Å²) in [6, 6.07) is 14.8. The lowest BCUT2D eigenvalue weighted by Crippen LogP contribution is -2.44. The van der Waals surface area contributed by atoms with Crippen LogP contribution in [0.2, 0.25) is 0 Å². The summed E-state index contributed by atoms with van der Waals surface area (Å²) in [6.45, 7) is 0.754. The molecule has 1 saturated heterocycles. The molecule has 28 heavy (non-hydrogen) atoms.